The van der Waals surface area contributed by atoms with E-state index in [4.69, 9.17) is 9.47 Å². The van der Waals surface area contributed by atoms with E-state index in [2.05, 4.69) is 21.0 Å². The van der Waals surface area contributed by atoms with E-state index >= 15 is 0 Å². The number of thiophene rings is 2. The molecule has 146 valence electrons. The maximum atomic E-state index is 13.2. The fourth-order valence-electron chi connectivity index (χ4n) is 4.09. The van der Waals surface area contributed by atoms with Gasteiger partial charge in [0.2, 0.25) is 5.60 Å². The number of quaternary nitrogens is 1. The van der Waals surface area contributed by atoms with Gasteiger partial charge in [-0.15, -0.1) is 22.7 Å². The second-order valence-electron chi connectivity index (χ2n) is 8.09. The summed E-state index contributed by atoms with van der Waals surface area (Å²) in [5, 5.41) is 15.1. The van der Waals surface area contributed by atoms with E-state index in [9.17, 15) is 9.90 Å². The Balaban J connectivity index is 1.54. The number of carbonyl (C=O) groups is 1. The average molecular weight is 409 g/mol. The number of esters is 1. The monoisotopic (exact) mass is 408 g/mol. The highest BCUT2D eigenvalue weighted by Gasteiger charge is 2.53. The fourth-order valence-corrected chi connectivity index (χ4v) is 5.80. The Kier molecular flexibility index (Phi) is 4.93. The molecule has 4 unspecified atom stereocenters. The Morgan fingerprint density at radius 3 is 2.33 bits per heavy atom. The van der Waals surface area contributed by atoms with E-state index in [1.807, 2.05) is 22.9 Å². The van der Waals surface area contributed by atoms with Crippen molar-refractivity contribution < 1.29 is 23.9 Å². The van der Waals surface area contributed by atoms with Gasteiger partial charge in [0.1, 0.15) is 18.2 Å². The zero-order chi connectivity index (χ0) is 19.2. The number of hydrogen-bond donors (Lipinski definition) is 1. The summed E-state index contributed by atoms with van der Waals surface area (Å²) >= 11 is 2.73. The first kappa shape index (κ1) is 19.1. The maximum Gasteiger partial charge on any atom is 0.349 e. The molecule has 0 radical (unpaired) electrons. The summed E-state index contributed by atoms with van der Waals surface area (Å²) in [5.74, 6) is -0.576. The number of likely N-dealkylation sites (N-methyl/N-ethyl adjacent to an activating group) is 1. The van der Waals surface area contributed by atoms with Crippen molar-refractivity contribution >= 4 is 28.6 Å². The van der Waals surface area contributed by atoms with Crippen molar-refractivity contribution in [3.8, 4) is 0 Å². The number of ether oxygens (including phenoxy) is 2. The molecular weight excluding hydrogens is 382 g/mol. The van der Waals surface area contributed by atoms with Gasteiger partial charge in [-0.3, -0.25) is 0 Å². The molecule has 27 heavy (non-hydrogen) atoms. The molecule has 0 aliphatic carbocycles. The summed E-state index contributed by atoms with van der Waals surface area (Å²) in [6.45, 7) is 3.01. The third-order valence-corrected chi connectivity index (χ3v) is 7.85. The molecule has 0 aromatic carbocycles. The number of hydrogen-bond acceptors (Lipinski definition) is 6. The van der Waals surface area contributed by atoms with Gasteiger partial charge >= 0.3 is 5.97 Å². The smallest absolute Gasteiger partial charge is 0.349 e. The highest BCUT2D eigenvalue weighted by Crippen LogP contribution is 2.40. The van der Waals surface area contributed by atoms with E-state index in [0.29, 0.717) is 15.8 Å². The summed E-state index contributed by atoms with van der Waals surface area (Å²) < 4.78 is 12.5. The third-order valence-electron chi connectivity index (χ3n) is 5.89. The van der Waals surface area contributed by atoms with Crippen LogP contribution in [0.1, 0.15) is 29.5 Å². The maximum absolute atomic E-state index is 13.2. The van der Waals surface area contributed by atoms with Crippen LogP contribution in [0.3, 0.4) is 0 Å². The summed E-state index contributed by atoms with van der Waals surface area (Å²) in [6, 6.07) is 7.57. The number of rotatable bonds is 5. The average Bonchev–Trinajstić information content (AvgIpc) is 3.09. The predicted octanol–water partition coefficient (Wildman–Crippen LogP) is 2.98. The van der Waals surface area contributed by atoms with Crippen LogP contribution in [0.2, 0.25) is 0 Å². The molecule has 4 rings (SSSR count). The van der Waals surface area contributed by atoms with Crippen molar-refractivity contribution in [3.63, 3.8) is 0 Å². The molecule has 2 fully saturated rings. The standard InChI is InChI=1S/C20H26NO4S2/c1-13-18(24-13)15-12-14(8-9-21(15,2)3)25-19(22)20(23,16-6-4-10-26-16)17-7-5-11-27-17/h4-7,10-11,13-15,18,23H,8-9,12H2,1-3H3/q+1. The molecule has 4 atom stereocenters. The van der Waals surface area contributed by atoms with Gasteiger partial charge in [-0.2, -0.15) is 0 Å². The zero-order valence-corrected chi connectivity index (χ0v) is 17.5. The lowest BCUT2D eigenvalue weighted by atomic mass is 9.93. The lowest BCUT2D eigenvalue weighted by Gasteiger charge is -2.44. The van der Waals surface area contributed by atoms with Crippen LogP contribution in [0, 0.1) is 0 Å². The number of carbonyl (C=O) groups excluding carboxylic acids is 1. The number of aliphatic hydroxyl groups is 1. The van der Waals surface area contributed by atoms with Crippen molar-refractivity contribution in [3.05, 3.63) is 44.8 Å². The molecule has 4 heterocycles. The molecule has 2 aliphatic rings. The molecule has 0 bridgehead atoms. The fraction of sp³-hybridized carbons (Fsp3) is 0.550. The van der Waals surface area contributed by atoms with E-state index in [1.54, 1.807) is 12.1 Å². The van der Waals surface area contributed by atoms with Crippen molar-refractivity contribution in [1.29, 1.82) is 0 Å². The van der Waals surface area contributed by atoms with Crippen LogP contribution in [0.4, 0.5) is 0 Å². The lowest BCUT2D eigenvalue weighted by Crippen LogP contribution is -2.58. The Hall–Kier alpha value is -1.25. The van der Waals surface area contributed by atoms with Gasteiger partial charge in [-0.25, -0.2) is 4.79 Å². The van der Waals surface area contributed by atoms with E-state index in [-0.39, 0.29) is 18.3 Å². The Bertz CT molecular complexity index is 753. The van der Waals surface area contributed by atoms with Crippen LogP contribution >= 0.6 is 22.7 Å². The van der Waals surface area contributed by atoms with Gasteiger partial charge in [0.15, 0.2) is 0 Å². The topological polar surface area (TPSA) is 59.1 Å². The molecule has 5 nitrogen and oxygen atoms in total. The normalized spacial score (nSPS) is 30.1. The van der Waals surface area contributed by atoms with Crippen molar-refractivity contribution in [2.24, 2.45) is 0 Å². The number of epoxide rings is 1. The van der Waals surface area contributed by atoms with E-state index in [1.165, 1.54) is 22.7 Å². The summed E-state index contributed by atoms with van der Waals surface area (Å²) in [4.78, 5) is 14.3. The van der Waals surface area contributed by atoms with Gasteiger partial charge in [0, 0.05) is 12.8 Å². The molecule has 2 saturated heterocycles. The van der Waals surface area contributed by atoms with Gasteiger partial charge < -0.3 is 19.1 Å². The van der Waals surface area contributed by atoms with E-state index < -0.39 is 11.6 Å². The molecule has 0 spiro atoms. The molecular formula is C20H26NO4S2+. The first-order valence-corrected chi connectivity index (χ1v) is 11.1. The minimum atomic E-state index is -1.73. The minimum Gasteiger partial charge on any atom is -0.459 e. The lowest BCUT2D eigenvalue weighted by molar-refractivity contribution is -0.921. The summed E-state index contributed by atoms with van der Waals surface area (Å²) in [7, 11) is 4.43. The predicted molar refractivity (Wildman–Crippen MR) is 106 cm³/mol. The number of nitrogens with zero attached hydrogens (tertiary/aromatic N) is 1. The minimum absolute atomic E-state index is 0.198. The molecule has 2 aromatic rings. The van der Waals surface area contributed by atoms with Crippen LogP contribution in [0.25, 0.3) is 0 Å². The van der Waals surface area contributed by atoms with Crippen LogP contribution in [-0.2, 0) is 19.9 Å². The SMILES string of the molecule is CC1OC1C1CC(OC(=O)C(O)(c2cccs2)c2cccs2)CC[N+]1(C)C. The first-order chi connectivity index (χ1) is 12.8. The second kappa shape index (κ2) is 6.97. The molecule has 0 saturated carbocycles. The number of likely N-dealkylation sites (tertiary alicyclic amines) is 1. The third kappa shape index (κ3) is 3.47. The second-order valence-corrected chi connectivity index (χ2v) is 9.99. The van der Waals surface area contributed by atoms with Gasteiger partial charge in [0.25, 0.3) is 0 Å². The Morgan fingerprint density at radius 1 is 1.26 bits per heavy atom. The Labute approximate surface area is 167 Å². The zero-order valence-electron chi connectivity index (χ0n) is 15.8. The Morgan fingerprint density at radius 2 is 1.85 bits per heavy atom. The van der Waals surface area contributed by atoms with E-state index in [0.717, 1.165) is 23.9 Å². The molecule has 2 aromatic heterocycles. The van der Waals surface area contributed by atoms with Gasteiger partial charge in [0.05, 0.1) is 36.5 Å². The molecule has 7 heteroatoms. The van der Waals surface area contributed by atoms with Gasteiger partial charge in [-0.05, 0) is 29.8 Å². The summed E-state index contributed by atoms with van der Waals surface area (Å²) in [6.07, 6.45) is 1.86. The van der Waals surface area contributed by atoms with Crippen molar-refractivity contribution in [2.45, 2.75) is 49.7 Å². The largest absolute Gasteiger partial charge is 0.459 e. The highest BCUT2D eigenvalue weighted by atomic mass is 32.1. The van der Waals surface area contributed by atoms with Crippen LogP contribution in [-0.4, -0.2) is 60.6 Å². The highest BCUT2D eigenvalue weighted by molar-refractivity contribution is 7.12. The van der Waals surface area contributed by atoms with Crippen LogP contribution in [0.15, 0.2) is 35.0 Å². The van der Waals surface area contributed by atoms with Crippen molar-refractivity contribution in [2.75, 3.05) is 20.6 Å². The summed E-state index contributed by atoms with van der Waals surface area (Å²) in [5.41, 5.74) is -1.73. The van der Waals surface area contributed by atoms with Gasteiger partial charge in [-0.1, -0.05) is 12.1 Å². The molecule has 1 N–H and O–H groups in total. The van der Waals surface area contributed by atoms with Crippen molar-refractivity contribution in [1.82, 2.24) is 0 Å². The van der Waals surface area contributed by atoms with Crippen LogP contribution < -0.4 is 0 Å². The quantitative estimate of drug-likeness (QED) is 0.469. The molecule has 0 amide bonds. The molecule has 2 aliphatic heterocycles. The van der Waals surface area contributed by atoms with Crippen LogP contribution in [0.5, 0.6) is 0 Å². The first-order valence-electron chi connectivity index (χ1n) is 9.32. The number of piperidine rings is 1.